The van der Waals surface area contributed by atoms with Crippen molar-refractivity contribution in [2.24, 2.45) is 0 Å². The lowest BCUT2D eigenvalue weighted by molar-refractivity contribution is 0.886. The third kappa shape index (κ3) is 291. The first-order chi connectivity index (χ1) is 31.2. The molecule has 0 spiro atoms. The van der Waals surface area contributed by atoms with Crippen LogP contribution in [0.3, 0.4) is 0 Å². The molecule has 0 aliphatic heterocycles. The lowest BCUT2D eigenvalue weighted by Crippen LogP contribution is -1.50. The van der Waals surface area contributed by atoms with E-state index in [1.54, 1.807) is 0 Å². The molecule has 6 aliphatic rings. The molecule has 2 saturated carbocycles. The maximum atomic E-state index is 2.24. The summed E-state index contributed by atoms with van der Waals surface area (Å²) >= 11 is 0. The lowest BCUT2D eigenvalue weighted by Gasteiger charge is -1.69. The molecule has 0 aromatic carbocycles. The van der Waals surface area contributed by atoms with E-state index in [9.17, 15) is 0 Å². The monoisotopic (exact) mass is 949 g/mol. The van der Waals surface area contributed by atoms with Crippen LogP contribution >= 0.6 is 0 Å². The first kappa shape index (κ1) is 120. The highest BCUT2D eigenvalue weighted by molar-refractivity contribution is 5.12. The molecule has 420 valence electrons. The molecule has 66 heavy (non-hydrogen) atoms. The zero-order valence-electron chi connectivity index (χ0n) is 51.8. The van der Waals surface area contributed by atoms with Crippen LogP contribution in [0.1, 0.15) is 365 Å². The summed E-state index contributed by atoms with van der Waals surface area (Å²) < 4.78 is 0. The smallest absolute Gasteiger partial charge is 0.0163 e. The van der Waals surface area contributed by atoms with Gasteiger partial charge in [-0.2, -0.15) is 0 Å². The number of hydrogen-bond acceptors (Lipinski definition) is 0. The van der Waals surface area contributed by atoms with Gasteiger partial charge in [0.15, 0.2) is 0 Å². The number of hydrogen-bond donors (Lipinski definition) is 0. The largest absolute Gasteiger partial charge is 0.0885 e. The van der Waals surface area contributed by atoms with Gasteiger partial charge in [-0.1, -0.05) is 386 Å². The Morgan fingerprint density at radius 1 is 0.197 bits per heavy atom. The Morgan fingerprint density at radius 3 is 0.348 bits per heavy atom. The Bertz CT molecular complexity index is 447. The average Bonchev–Trinajstić information content (AvgIpc) is 4.26. The molecule has 0 atom stereocenters. The molecule has 0 amide bonds. The molecule has 0 bridgehead atoms. The van der Waals surface area contributed by atoms with Crippen LogP contribution in [0.2, 0.25) is 0 Å². The van der Waals surface area contributed by atoms with Crippen molar-refractivity contribution in [1.82, 2.24) is 0 Å². The molecule has 0 heterocycles. The van der Waals surface area contributed by atoms with Gasteiger partial charge in [0, 0.05) is 0 Å². The van der Waals surface area contributed by atoms with Crippen molar-refractivity contribution in [2.75, 3.05) is 0 Å². The summed E-state index contributed by atoms with van der Waals surface area (Å²) in [6.07, 6.45) is 54.7. The normalized spacial score (nSPS) is 11.4. The molecule has 6 aliphatic carbocycles. The van der Waals surface area contributed by atoms with Gasteiger partial charge >= 0.3 is 0 Å². The van der Waals surface area contributed by atoms with Gasteiger partial charge in [0.25, 0.3) is 0 Å². The minimum Gasteiger partial charge on any atom is -0.0885 e. The fourth-order valence-electron chi connectivity index (χ4n) is 3.73. The molecule has 0 nitrogen and oxygen atoms in total. The van der Waals surface area contributed by atoms with Crippen molar-refractivity contribution in [3.05, 3.63) is 72.9 Å². The average molecular weight is 950 g/mol. The number of rotatable bonds is 0. The van der Waals surface area contributed by atoms with Gasteiger partial charge in [-0.25, -0.2) is 0 Å². The first-order valence-corrected chi connectivity index (χ1v) is 29.2. The summed E-state index contributed by atoms with van der Waals surface area (Å²) in [4.78, 5) is 0. The van der Waals surface area contributed by atoms with E-state index in [0.29, 0.717) is 0 Å². The molecule has 0 heteroatoms. The second-order valence-electron chi connectivity index (χ2n) is 10.6. The van der Waals surface area contributed by atoms with Gasteiger partial charge in [-0.05, 0) is 51.4 Å². The molecule has 2 fully saturated rings. The zero-order chi connectivity index (χ0) is 53.3. The quantitative estimate of drug-likeness (QED) is 0.212. The zero-order valence-corrected chi connectivity index (χ0v) is 51.8. The van der Waals surface area contributed by atoms with E-state index >= 15 is 0 Å². The minimum absolute atomic E-state index is 0. The van der Waals surface area contributed by atoms with Crippen LogP contribution in [0.25, 0.3) is 0 Å². The van der Waals surface area contributed by atoms with Crippen LogP contribution in [0, 0.1) is 0 Å². The maximum absolute atomic E-state index is 2.24. The highest BCUT2D eigenvalue weighted by atomic mass is 14.0. The molecule has 0 aromatic rings. The van der Waals surface area contributed by atoms with Gasteiger partial charge < -0.3 is 0 Å². The molecule has 0 radical (unpaired) electrons. The molecule has 0 aromatic heterocycles. The fourth-order valence-corrected chi connectivity index (χ4v) is 3.73. The molecule has 0 unspecified atom stereocenters. The maximum Gasteiger partial charge on any atom is -0.0163 e. The summed E-state index contributed by atoms with van der Waals surface area (Å²) in [6, 6.07) is 0. The molecule has 0 N–H and O–H groups in total. The first-order valence-electron chi connectivity index (χ1n) is 29.2. The Morgan fingerprint density at radius 2 is 0.303 bits per heavy atom. The van der Waals surface area contributed by atoms with Crippen LogP contribution in [-0.4, -0.2) is 0 Å². The molecule has 6 rings (SSSR count). The summed E-state index contributed by atoms with van der Waals surface area (Å²) in [7, 11) is 0. The highest BCUT2D eigenvalue weighted by Crippen LogP contribution is 2.15. The van der Waals surface area contributed by atoms with E-state index in [1.807, 2.05) is 166 Å². The highest BCUT2D eigenvalue weighted by Gasteiger charge is 1.96. The Hall–Kier alpha value is -1.56. The summed E-state index contributed by atoms with van der Waals surface area (Å²) in [5.41, 5.74) is 0. The second-order valence-corrected chi connectivity index (χ2v) is 10.6. The van der Waals surface area contributed by atoms with Gasteiger partial charge in [0.1, 0.15) is 0 Å². The Balaban J connectivity index is -0.0000000232. The third-order valence-corrected chi connectivity index (χ3v) is 5.63. The van der Waals surface area contributed by atoms with Crippen LogP contribution in [0.5, 0.6) is 0 Å². The molecule has 0 saturated heterocycles. The van der Waals surface area contributed by atoms with E-state index in [1.165, 1.54) is 122 Å². The third-order valence-electron chi connectivity index (χ3n) is 5.63. The van der Waals surface area contributed by atoms with Gasteiger partial charge in [0.2, 0.25) is 0 Å². The minimum atomic E-state index is 0. The van der Waals surface area contributed by atoms with Crippen molar-refractivity contribution < 1.29 is 0 Å². The van der Waals surface area contributed by atoms with Crippen LogP contribution in [0.4, 0.5) is 0 Å². The second kappa shape index (κ2) is 250. The summed E-state index contributed by atoms with van der Waals surface area (Å²) in [5, 5.41) is 0. The van der Waals surface area contributed by atoms with Crippen molar-refractivity contribution in [3.63, 3.8) is 0 Å². The topological polar surface area (TPSA) is 0 Å². The van der Waals surface area contributed by atoms with E-state index in [-0.39, 0.29) is 22.3 Å². The van der Waals surface area contributed by atoms with Crippen LogP contribution in [-0.2, 0) is 0 Å². The standard InChI is InChI=1S/2C5H10.2C5H8.2C5H6.3C3H8.12C2H6.3CH4/c6*1-2-4-5-3-1;3*1-3-2;12*1-2;;;/h2*1-5H2;2*1-2H,3-5H2;2*1-4H,5H2;3*3H2,1-2H3;12*1-2H3;3*1H4. The van der Waals surface area contributed by atoms with Crippen LogP contribution in [0.15, 0.2) is 72.9 Å². The fraction of sp³-hybridized carbons (Fsp3) is 0.818. The van der Waals surface area contributed by atoms with E-state index < -0.39 is 0 Å². The van der Waals surface area contributed by atoms with Gasteiger partial charge in [-0.15, -0.1) is 0 Å². The predicted octanol–water partition coefficient (Wildman–Crippen LogP) is 28.8. The Labute approximate surface area is 435 Å². The van der Waals surface area contributed by atoms with E-state index in [4.69, 9.17) is 0 Å². The van der Waals surface area contributed by atoms with Gasteiger partial charge in [-0.3, -0.25) is 0 Å². The van der Waals surface area contributed by atoms with Crippen molar-refractivity contribution >= 4 is 0 Å². The SMILES string of the molecule is C.C.C.C1=CCC=C1.C1=CCC=C1.C1=CCCC1.C1=CCCC1.C1CCCC1.C1CCCC1.CC.CC.CC.CC.CC.CC.CC.CC.CC.CC.CC.CC.CCC.CCC.CCC. The number of allylic oxidation sites excluding steroid dienone is 12. The Kier molecular flexibility index (Phi) is 456. The molecular weight excluding hydrogens is 793 g/mol. The summed E-state index contributed by atoms with van der Waals surface area (Å²) in [5.74, 6) is 0. The van der Waals surface area contributed by atoms with Gasteiger partial charge in [0.05, 0.1) is 0 Å². The van der Waals surface area contributed by atoms with Crippen molar-refractivity contribution in [3.8, 4) is 0 Å². The molecular formula is C66H156. The summed E-state index contributed by atoms with van der Waals surface area (Å²) in [6.45, 7) is 60.8. The van der Waals surface area contributed by atoms with E-state index in [0.717, 1.165) is 12.8 Å². The lowest BCUT2D eigenvalue weighted by atomic mass is 10.4. The predicted molar refractivity (Wildman–Crippen MR) is 342 cm³/mol. The van der Waals surface area contributed by atoms with Crippen molar-refractivity contribution in [1.29, 1.82) is 0 Å². The van der Waals surface area contributed by atoms with E-state index in [2.05, 4.69) is 114 Å². The van der Waals surface area contributed by atoms with Crippen LogP contribution < -0.4 is 0 Å². The van der Waals surface area contributed by atoms with Crippen molar-refractivity contribution in [2.45, 2.75) is 365 Å².